The van der Waals surface area contributed by atoms with Gasteiger partial charge in [-0.25, -0.2) is 0 Å². The van der Waals surface area contributed by atoms with Gasteiger partial charge in [0.1, 0.15) is 0 Å². The molecule has 22 heavy (non-hydrogen) atoms. The highest BCUT2D eigenvalue weighted by Crippen LogP contribution is 2.25. The van der Waals surface area contributed by atoms with Gasteiger partial charge in [0.05, 0.1) is 0 Å². The SMILES string of the molecule is CN(CCc1ccccc1)C1CCCN(C2CCSCC2)C1. The summed E-state index contributed by atoms with van der Waals surface area (Å²) in [6.07, 6.45) is 6.75. The molecule has 0 radical (unpaired) electrons. The molecule has 0 spiro atoms. The van der Waals surface area contributed by atoms with Gasteiger partial charge in [-0.15, -0.1) is 0 Å². The molecule has 0 N–H and O–H groups in total. The number of rotatable bonds is 5. The predicted octanol–water partition coefficient (Wildman–Crippen LogP) is 3.52. The number of hydrogen-bond donors (Lipinski definition) is 0. The topological polar surface area (TPSA) is 6.48 Å². The number of piperidine rings is 1. The van der Waals surface area contributed by atoms with Gasteiger partial charge in [-0.1, -0.05) is 30.3 Å². The first-order valence-corrected chi connectivity index (χ1v) is 10.0. The molecule has 2 nitrogen and oxygen atoms in total. The van der Waals surface area contributed by atoms with Crippen LogP contribution >= 0.6 is 11.8 Å². The third-order valence-electron chi connectivity index (χ3n) is 5.35. The quantitative estimate of drug-likeness (QED) is 0.820. The van der Waals surface area contributed by atoms with Crippen molar-refractivity contribution in [3.63, 3.8) is 0 Å². The van der Waals surface area contributed by atoms with E-state index >= 15 is 0 Å². The van der Waals surface area contributed by atoms with Gasteiger partial charge in [-0.05, 0) is 62.8 Å². The van der Waals surface area contributed by atoms with E-state index in [0.29, 0.717) is 0 Å². The van der Waals surface area contributed by atoms with E-state index in [9.17, 15) is 0 Å². The van der Waals surface area contributed by atoms with E-state index in [-0.39, 0.29) is 0 Å². The Morgan fingerprint density at radius 3 is 2.68 bits per heavy atom. The first kappa shape index (κ1) is 16.4. The summed E-state index contributed by atoms with van der Waals surface area (Å²) in [4.78, 5) is 5.41. The number of benzene rings is 1. The zero-order valence-corrected chi connectivity index (χ0v) is 14.7. The molecule has 1 atom stereocenters. The number of nitrogens with zero attached hydrogens (tertiary/aromatic N) is 2. The summed E-state index contributed by atoms with van der Waals surface area (Å²) in [6.45, 7) is 3.81. The maximum absolute atomic E-state index is 2.80. The Hall–Kier alpha value is -0.510. The van der Waals surface area contributed by atoms with Crippen LogP contribution in [-0.4, -0.2) is 60.1 Å². The molecule has 0 aliphatic carbocycles. The van der Waals surface area contributed by atoms with Crippen LogP contribution in [-0.2, 0) is 6.42 Å². The van der Waals surface area contributed by atoms with Gasteiger partial charge in [0, 0.05) is 25.2 Å². The van der Waals surface area contributed by atoms with Crippen LogP contribution < -0.4 is 0 Å². The molecule has 3 heteroatoms. The minimum Gasteiger partial charge on any atom is -0.302 e. The van der Waals surface area contributed by atoms with E-state index in [1.54, 1.807) is 0 Å². The van der Waals surface area contributed by atoms with Gasteiger partial charge >= 0.3 is 0 Å². The predicted molar refractivity (Wildman–Crippen MR) is 97.7 cm³/mol. The Labute approximate surface area is 140 Å². The van der Waals surface area contributed by atoms with Crippen molar-refractivity contribution < 1.29 is 0 Å². The Balaban J connectivity index is 1.48. The first-order valence-electron chi connectivity index (χ1n) is 8.89. The van der Waals surface area contributed by atoms with Crippen LogP contribution in [0, 0.1) is 0 Å². The summed E-state index contributed by atoms with van der Waals surface area (Å²) in [6, 6.07) is 12.5. The molecule has 122 valence electrons. The molecule has 2 saturated heterocycles. The largest absolute Gasteiger partial charge is 0.302 e. The fourth-order valence-corrected chi connectivity index (χ4v) is 4.94. The van der Waals surface area contributed by atoms with Crippen molar-refractivity contribution in [3.05, 3.63) is 35.9 Å². The molecule has 1 unspecified atom stereocenters. The van der Waals surface area contributed by atoms with Crippen LogP contribution in [0.1, 0.15) is 31.2 Å². The lowest BCUT2D eigenvalue weighted by Crippen LogP contribution is -2.51. The van der Waals surface area contributed by atoms with Crippen molar-refractivity contribution in [1.82, 2.24) is 9.80 Å². The number of thioether (sulfide) groups is 1. The van der Waals surface area contributed by atoms with E-state index in [1.807, 2.05) is 0 Å². The lowest BCUT2D eigenvalue weighted by atomic mass is 9.99. The number of hydrogen-bond acceptors (Lipinski definition) is 3. The Bertz CT molecular complexity index is 430. The minimum absolute atomic E-state index is 0.757. The van der Waals surface area contributed by atoms with E-state index in [4.69, 9.17) is 0 Å². The van der Waals surface area contributed by atoms with Crippen LogP contribution in [0.2, 0.25) is 0 Å². The van der Waals surface area contributed by atoms with E-state index in [1.165, 1.54) is 68.8 Å². The van der Waals surface area contributed by atoms with Crippen LogP contribution in [0.5, 0.6) is 0 Å². The molecular formula is C19H30N2S. The summed E-state index contributed by atoms with van der Waals surface area (Å²) >= 11 is 2.14. The van der Waals surface area contributed by atoms with Crippen LogP contribution in [0.25, 0.3) is 0 Å². The molecule has 2 aliphatic rings. The molecule has 3 rings (SSSR count). The monoisotopic (exact) mass is 318 g/mol. The van der Waals surface area contributed by atoms with E-state index in [0.717, 1.165) is 12.1 Å². The average molecular weight is 319 g/mol. The van der Waals surface area contributed by atoms with Gasteiger partial charge in [-0.2, -0.15) is 11.8 Å². The van der Waals surface area contributed by atoms with Gasteiger partial charge in [0.15, 0.2) is 0 Å². The maximum atomic E-state index is 2.80. The molecule has 1 aromatic rings. The summed E-state index contributed by atoms with van der Waals surface area (Å²) in [7, 11) is 2.33. The Morgan fingerprint density at radius 2 is 1.91 bits per heavy atom. The second-order valence-electron chi connectivity index (χ2n) is 6.85. The summed E-state index contributed by atoms with van der Waals surface area (Å²) in [5.74, 6) is 2.74. The van der Waals surface area contributed by atoms with Gasteiger partial charge < -0.3 is 4.90 Å². The smallest absolute Gasteiger partial charge is 0.0220 e. The standard InChI is InChI=1S/C19H30N2S/c1-20(13-9-17-6-3-2-4-7-17)19-8-5-12-21(16-19)18-10-14-22-15-11-18/h2-4,6-7,18-19H,5,8-16H2,1H3. The Morgan fingerprint density at radius 1 is 1.14 bits per heavy atom. The Kier molecular flexibility index (Phi) is 6.22. The van der Waals surface area contributed by atoms with E-state index < -0.39 is 0 Å². The maximum Gasteiger partial charge on any atom is 0.0220 e. The van der Waals surface area contributed by atoms with Crippen molar-refractivity contribution in [1.29, 1.82) is 0 Å². The molecular weight excluding hydrogens is 288 g/mol. The fourth-order valence-electron chi connectivity index (χ4n) is 3.86. The lowest BCUT2D eigenvalue weighted by Gasteiger charge is -2.42. The van der Waals surface area contributed by atoms with Crippen LogP contribution in [0.4, 0.5) is 0 Å². The lowest BCUT2D eigenvalue weighted by molar-refractivity contribution is 0.0812. The molecule has 2 heterocycles. The third kappa shape index (κ3) is 4.50. The molecule has 0 amide bonds. The van der Waals surface area contributed by atoms with E-state index in [2.05, 4.69) is 58.9 Å². The third-order valence-corrected chi connectivity index (χ3v) is 6.40. The van der Waals surface area contributed by atoms with Gasteiger partial charge in [-0.3, -0.25) is 4.90 Å². The van der Waals surface area contributed by atoms with Crippen LogP contribution in [0.15, 0.2) is 30.3 Å². The minimum atomic E-state index is 0.757. The van der Waals surface area contributed by atoms with Crippen LogP contribution in [0.3, 0.4) is 0 Å². The highest BCUT2D eigenvalue weighted by atomic mass is 32.2. The zero-order chi connectivity index (χ0) is 15.2. The second kappa shape index (κ2) is 8.37. The summed E-state index contributed by atoms with van der Waals surface area (Å²) in [5.41, 5.74) is 1.46. The van der Waals surface area contributed by atoms with Gasteiger partial charge in [0.25, 0.3) is 0 Å². The molecule has 0 bridgehead atoms. The summed E-state index contributed by atoms with van der Waals surface area (Å²) < 4.78 is 0. The zero-order valence-electron chi connectivity index (χ0n) is 13.9. The van der Waals surface area contributed by atoms with Crippen molar-refractivity contribution in [2.75, 3.05) is 38.2 Å². The molecule has 0 saturated carbocycles. The average Bonchev–Trinajstić information content (AvgIpc) is 2.61. The first-order chi connectivity index (χ1) is 10.8. The van der Waals surface area contributed by atoms with Crippen molar-refractivity contribution in [2.24, 2.45) is 0 Å². The normalized spacial score (nSPS) is 24.7. The van der Waals surface area contributed by atoms with Crippen molar-refractivity contribution >= 4 is 11.8 Å². The highest BCUT2D eigenvalue weighted by molar-refractivity contribution is 7.99. The molecule has 0 aromatic heterocycles. The molecule has 2 aliphatic heterocycles. The molecule has 2 fully saturated rings. The molecule has 1 aromatic carbocycles. The van der Waals surface area contributed by atoms with Crippen molar-refractivity contribution in [3.8, 4) is 0 Å². The highest BCUT2D eigenvalue weighted by Gasteiger charge is 2.28. The second-order valence-corrected chi connectivity index (χ2v) is 8.08. The van der Waals surface area contributed by atoms with Crippen molar-refractivity contribution in [2.45, 2.75) is 44.2 Å². The summed E-state index contributed by atoms with van der Waals surface area (Å²) in [5, 5.41) is 0. The van der Waals surface area contributed by atoms with Gasteiger partial charge in [0.2, 0.25) is 0 Å². The number of likely N-dealkylation sites (tertiary alicyclic amines) is 1. The fraction of sp³-hybridized carbons (Fsp3) is 0.684. The number of likely N-dealkylation sites (N-methyl/N-ethyl adjacent to an activating group) is 1.